The highest BCUT2D eigenvalue weighted by atomic mass is 32.2. The van der Waals surface area contributed by atoms with Crippen LogP contribution in [0, 0.1) is 0 Å². The molecule has 1 N–H and O–H groups in total. The third kappa shape index (κ3) is 4.74. The molecule has 0 unspecified atom stereocenters. The molecule has 0 atom stereocenters. The zero-order chi connectivity index (χ0) is 19.2. The van der Waals surface area contributed by atoms with Crippen molar-refractivity contribution in [1.29, 1.82) is 0 Å². The minimum Gasteiger partial charge on any atom is -0.494 e. The summed E-state index contributed by atoms with van der Waals surface area (Å²) in [5, 5.41) is 2.84. The lowest BCUT2D eigenvalue weighted by molar-refractivity contribution is -0.116. The predicted molar refractivity (Wildman–Crippen MR) is 109 cm³/mol. The molecule has 0 aromatic heterocycles. The summed E-state index contributed by atoms with van der Waals surface area (Å²) in [4.78, 5) is 29.3. The molecular weight excluding hydrogens is 362 g/mol. The number of benzene rings is 2. The molecular formula is C20H23N3O3S. The normalized spacial score (nSPS) is 13.8. The number of anilines is 2. The summed E-state index contributed by atoms with van der Waals surface area (Å²) in [6.07, 6.45) is 2.00. The highest BCUT2D eigenvalue weighted by Crippen LogP contribution is 2.23. The lowest BCUT2D eigenvalue weighted by Gasteiger charge is -2.18. The number of carbonyl (C=O) groups is 2. The second-order valence-corrected chi connectivity index (χ2v) is 6.94. The van der Waals surface area contributed by atoms with E-state index in [0.717, 1.165) is 22.0 Å². The fourth-order valence-corrected chi connectivity index (χ4v) is 3.31. The number of nitrogens with zero attached hydrogens (tertiary/aromatic N) is 2. The summed E-state index contributed by atoms with van der Waals surface area (Å²) < 4.78 is 5.43. The number of hydrogen-bond acceptors (Lipinski definition) is 4. The van der Waals surface area contributed by atoms with Gasteiger partial charge in [0.05, 0.1) is 6.61 Å². The molecule has 2 aromatic carbocycles. The summed E-state index contributed by atoms with van der Waals surface area (Å²) in [7, 11) is 0. The van der Waals surface area contributed by atoms with Gasteiger partial charge in [-0.25, -0.2) is 4.79 Å². The van der Waals surface area contributed by atoms with Crippen molar-refractivity contribution in [2.24, 2.45) is 0 Å². The maximum atomic E-state index is 12.6. The number of hydrogen-bond donors (Lipinski definition) is 1. The van der Waals surface area contributed by atoms with Crippen molar-refractivity contribution in [2.45, 2.75) is 11.8 Å². The highest BCUT2D eigenvalue weighted by molar-refractivity contribution is 7.98. The van der Waals surface area contributed by atoms with Crippen molar-refractivity contribution in [3.63, 3.8) is 0 Å². The molecule has 1 aliphatic heterocycles. The summed E-state index contributed by atoms with van der Waals surface area (Å²) in [5.41, 5.74) is 1.53. The molecule has 0 saturated carbocycles. The SMILES string of the molecule is CCOc1ccc(N2CCN(CC(=O)Nc3ccc(SC)cc3)C2=O)cc1. The van der Waals surface area contributed by atoms with Gasteiger partial charge in [0.1, 0.15) is 12.3 Å². The van der Waals surface area contributed by atoms with Crippen molar-refractivity contribution in [1.82, 2.24) is 4.90 Å². The van der Waals surface area contributed by atoms with E-state index in [1.165, 1.54) is 0 Å². The van der Waals surface area contributed by atoms with Gasteiger partial charge >= 0.3 is 6.03 Å². The van der Waals surface area contributed by atoms with Gasteiger partial charge < -0.3 is 15.0 Å². The van der Waals surface area contributed by atoms with Crippen molar-refractivity contribution < 1.29 is 14.3 Å². The highest BCUT2D eigenvalue weighted by Gasteiger charge is 2.30. The van der Waals surface area contributed by atoms with Gasteiger partial charge in [-0.15, -0.1) is 11.8 Å². The molecule has 3 amide bonds. The Bertz CT molecular complexity index is 793. The van der Waals surface area contributed by atoms with Gasteiger partial charge in [0, 0.05) is 29.4 Å². The molecule has 3 rings (SSSR count). The first-order valence-electron chi connectivity index (χ1n) is 8.84. The predicted octanol–water partition coefficient (Wildman–Crippen LogP) is 3.69. The van der Waals surface area contributed by atoms with E-state index in [1.54, 1.807) is 21.6 Å². The lowest BCUT2D eigenvalue weighted by atomic mass is 10.3. The van der Waals surface area contributed by atoms with E-state index in [2.05, 4.69) is 5.32 Å². The molecule has 0 aliphatic carbocycles. The van der Waals surface area contributed by atoms with Crippen LogP contribution in [0.3, 0.4) is 0 Å². The second-order valence-electron chi connectivity index (χ2n) is 6.06. The van der Waals surface area contributed by atoms with Crippen molar-refractivity contribution >= 4 is 35.1 Å². The lowest BCUT2D eigenvalue weighted by Crippen LogP contribution is -2.37. The molecule has 2 aromatic rings. The van der Waals surface area contributed by atoms with E-state index < -0.39 is 0 Å². The van der Waals surface area contributed by atoms with Crippen LogP contribution in [0.4, 0.5) is 16.2 Å². The molecule has 7 heteroatoms. The summed E-state index contributed by atoms with van der Waals surface area (Å²) in [6, 6.07) is 14.9. The fraction of sp³-hybridized carbons (Fsp3) is 0.300. The smallest absolute Gasteiger partial charge is 0.325 e. The van der Waals surface area contributed by atoms with Gasteiger partial charge in [-0.2, -0.15) is 0 Å². The van der Waals surface area contributed by atoms with Gasteiger partial charge in [-0.1, -0.05) is 0 Å². The van der Waals surface area contributed by atoms with Crippen LogP contribution in [0.1, 0.15) is 6.92 Å². The molecule has 1 heterocycles. The van der Waals surface area contributed by atoms with Crippen molar-refractivity contribution in [3.05, 3.63) is 48.5 Å². The molecule has 0 radical (unpaired) electrons. The van der Waals surface area contributed by atoms with Gasteiger partial charge in [-0.3, -0.25) is 9.69 Å². The average Bonchev–Trinajstić information content (AvgIpc) is 3.03. The average molecular weight is 385 g/mol. The third-order valence-electron chi connectivity index (χ3n) is 4.26. The first-order valence-corrected chi connectivity index (χ1v) is 10.1. The van der Waals surface area contributed by atoms with E-state index in [0.29, 0.717) is 19.7 Å². The molecule has 1 saturated heterocycles. The van der Waals surface area contributed by atoms with Crippen LogP contribution in [0.2, 0.25) is 0 Å². The van der Waals surface area contributed by atoms with Crippen molar-refractivity contribution in [2.75, 3.05) is 42.7 Å². The van der Waals surface area contributed by atoms with Crippen LogP contribution in [0.15, 0.2) is 53.4 Å². The molecule has 27 heavy (non-hydrogen) atoms. The summed E-state index contributed by atoms with van der Waals surface area (Å²) in [6.45, 7) is 3.65. The Balaban J connectivity index is 1.56. The zero-order valence-electron chi connectivity index (χ0n) is 15.5. The van der Waals surface area contributed by atoms with Gasteiger partial charge in [0.15, 0.2) is 0 Å². The van der Waals surface area contributed by atoms with Gasteiger partial charge in [-0.05, 0) is 61.7 Å². The van der Waals surface area contributed by atoms with E-state index in [4.69, 9.17) is 4.74 Å². The Hall–Kier alpha value is -2.67. The molecule has 6 nitrogen and oxygen atoms in total. The van der Waals surface area contributed by atoms with Crippen LogP contribution in [-0.2, 0) is 4.79 Å². The maximum absolute atomic E-state index is 12.6. The Morgan fingerprint density at radius 2 is 1.81 bits per heavy atom. The Kier molecular flexibility index (Phi) is 6.24. The number of rotatable bonds is 7. The monoisotopic (exact) mass is 385 g/mol. The van der Waals surface area contributed by atoms with Crippen LogP contribution < -0.4 is 15.0 Å². The minimum absolute atomic E-state index is 0.0383. The maximum Gasteiger partial charge on any atom is 0.325 e. The molecule has 1 fully saturated rings. The van der Waals surface area contributed by atoms with E-state index >= 15 is 0 Å². The number of ether oxygens (including phenoxy) is 1. The first-order chi connectivity index (χ1) is 13.1. The minimum atomic E-state index is -0.200. The standard InChI is InChI=1S/C20H23N3O3S/c1-3-26-17-8-6-16(7-9-17)23-13-12-22(20(23)25)14-19(24)21-15-4-10-18(27-2)11-5-15/h4-11H,3,12-14H2,1-2H3,(H,21,24). The van der Waals surface area contributed by atoms with Crippen LogP contribution in [0.5, 0.6) is 5.75 Å². The van der Waals surface area contributed by atoms with E-state index in [9.17, 15) is 9.59 Å². The molecule has 1 aliphatic rings. The Labute approximate surface area is 163 Å². The summed E-state index contributed by atoms with van der Waals surface area (Å²) >= 11 is 1.65. The van der Waals surface area contributed by atoms with Gasteiger partial charge in [0.25, 0.3) is 0 Å². The number of urea groups is 1. The number of carbonyl (C=O) groups excluding carboxylic acids is 2. The quantitative estimate of drug-likeness (QED) is 0.739. The Morgan fingerprint density at radius 1 is 1.11 bits per heavy atom. The van der Waals surface area contributed by atoms with Gasteiger partial charge in [0.2, 0.25) is 5.91 Å². The largest absolute Gasteiger partial charge is 0.494 e. The van der Waals surface area contributed by atoms with E-state index in [1.807, 2.05) is 61.7 Å². The summed E-state index contributed by atoms with van der Waals surface area (Å²) in [5.74, 6) is 0.574. The second kappa shape index (κ2) is 8.81. The topological polar surface area (TPSA) is 61.9 Å². The Morgan fingerprint density at radius 3 is 2.44 bits per heavy atom. The number of nitrogens with one attached hydrogen (secondary N) is 1. The zero-order valence-corrected chi connectivity index (χ0v) is 16.3. The first kappa shape index (κ1) is 19.1. The molecule has 142 valence electrons. The molecule has 0 spiro atoms. The molecule has 0 bridgehead atoms. The van der Waals surface area contributed by atoms with Crippen LogP contribution in [-0.4, -0.2) is 49.3 Å². The third-order valence-corrected chi connectivity index (χ3v) is 5.01. The van der Waals surface area contributed by atoms with E-state index in [-0.39, 0.29) is 18.5 Å². The van der Waals surface area contributed by atoms with Crippen LogP contribution >= 0.6 is 11.8 Å². The number of thioether (sulfide) groups is 1. The number of amides is 3. The van der Waals surface area contributed by atoms with Crippen molar-refractivity contribution in [3.8, 4) is 5.75 Å². The van der Waals surface area contributed by atoms with Crippen LogP contribution in [0.25, 0.3) is 0 Å². The fourth-order valence-electron chi connectivity index (χ4n) is 2.91.